The summed E-state index contributed by atoms with van der Waals surface area (Å²) in [5, 5.41) is 14.0. The molecule has 9 heteroatoms. The maximum absolute atomic E-state index is 12.7. The van der Waals surface area contributed by atoms with Crippen molar-refractivity contribution in [3.8, 4) is 11.1 Å². The molecular formula is C25H29N3O6. The summed E-state index contributed by atoms with van der Waals surface area (Å²) in [5.41, 5.74) is 4.27. The first kappa shape index (κ1) is 24.8. The zero-order valence-corrected chi connectivity index (χ0v) is 19.4. The molecule has 34 heavy (non-hydrogen) atoms. The number of aliphatic carboxylic acids is 1. The topological polar surface area (TPSA) is 125 Å². The molecule has 0 saturated carbocycles. The van der Waals surface area contributed by atoms with Gasteiger partial charge in [-0.25, -0.2) is 4.79 Å². The summed E-state index contributed by atoms with van der Waals surface area (Å²) in [5.74, 6) is -2.24. The molecule has 2 aromatic carbocycles. The molecule has 180 valence electrons. The lowest BCUT2D eigenvalue weighted by molar-refractivity contribution is -0.138. The Kier molecular flexibility index (Phi) is 7.88. The van der Waals surface area contributed by atoms with Gasteiger partial charge in [0.25, 0.3) is 0 Å². The van der Waals surface area contributed by atoms with Crippen molar-refractivity contribution in [3.63, 3.8) is 0 Å². The highest BCUT2D eigenvalue weighted by molar-refractivity contribution is 5.91. The number of ether oxygens (including phenoxy) is 1. The van der Waals surface area contributed by atoms with E-state index in [9.17, 15) is 19.2 Å². The van der Waals surface area contributed by atoms with E-state index < -0.39 is 30.1 Å². The summed E-state index contributed by atoms with van der Waals surface area (Å²) in [6.07, 6.45) is -1.31. The zero-order chi connectivity index (χ0) is 24.8. The average Bonchev–Trinajstić information content (AvgIpc) is 3.13. The van der Waals surface area contributed by atoms with Crippen LogP contribution in [0.1, 0.15) is 36.8 Å². The molecule has 1 aliphatic carbocycles. The first-order valence-electron chi connectivity index (χ1n) is 11.0. The smallest absolute Gasteiger partial charge is 0.407 e. The number of benzene rings is 2. The number of fused-ring (bicyclic) bond motifs is 3. The first-order valence-corrected chi connectivity index (χ1v) is 11.0. The number of carbonyl (C=O) groups excluding carboxylic acids is 3. The van der Waals surface area contributed by atoms with E-state index in [1.165, 1.54) is 11.8 Å². The Morgan fingerprint density at radius 1 is 0.971 bits per heavy atom. The molecule has 3 amide bonds. The Bertz CT molecular complexity index is 1040. The number of carboxylic acids is 1. The van der Waals surface area contributed by atoms with Crippen molar-refractivity contribution in [1.29, 1.82) is 0 Å². The molecule has 0 heterocycles. The summed E-state index contributed by atoms with van der Waals surface area (Å²) in [4.78, 5) is 49.7. The van der Waals surface area contributed by atoms with Crippen LogP contribution < -0.4 is 10.6 Å². The lowest BCUT2D eigenvalue weighted by Crippen LogP contribution is -2.52. The van der Waals surface area contributed by atoms with Crippen LogP contribution >= 0.6 is 0 Å². The molecular weight excluding hydrogens is 438 g/mol. The zero-order valence-electron chi connectivity index (χ0n) is 19.4. The van der Waals surface area contributed by atoms with Gasteiger partial charge in [-0.2, -0.15) is 0 Å². The second-order valence-electron chi connectivity index (χ2n) is 8.42. The minimum absolute atomic E-state index is 0.0582. The standard InChI is InChI=1S/C25H29N3O6/c1-15(24(32)28(2)3)26-23(31)21(12-13-22(29)30)27-25(33)34-14-20-18-10-6-4-8-16(18)17-9-5-7-11-19(17)20/h4-11,15,20-21H,12-14H2,1-3H3,(H,26,31)(H,27,33)(H,29,30)/t15-,21?/m1/s1. The molecule has 0 aromatic heterocycles. The second kappa shape index (κ2) is 10.8. The third-order valence-electron chi connectivity index (χ3n) is 5.77. The second-order valence-corrected chi connectivity index (χ2v) is 8.42. The van der Waals surface area contributed by atoms with Gasteiger partial charge in [0, 0.05) is 26.4 Å². The minimum atomic E-state index is -1.16. The van der Waals surface area contributed by atoms with Gasteiger partial charge in [0.2, 0.25) is 11.8 Å². The van der Waals surface area contributed by atoms with Crippen LogP contribution in [-0.2, 0) is 19.1 Å². The summed E-state index contributed by atoms with van der Waals surface area (Å²) in [7, 11) is 3.11. The van der Waals surface area contributed by atoms with E-state index in [1.807, 2.05) is 48.5 Å². The van der Waals surface area contributed by atoms with Crippen LogP contribution in [0.15, 0.2) is 48.5 Å². The van der Waals surface area contributed by atoms with Crippen molar-refractivity contribution in [1.82, 2.24) is 15.5 Å². The van der Waals surface area contributed by atoms with E-state index in [0.717, 1.165) is 22.3 Å². The third kappa shape index (κ3) is 5.72. The number of hydrogen-bond donors (Lipinski definition) is 3. The van der Waals surface area contributed by atoms with E-state index in [4.69, 9.17) is 9.84 Å². The minimum Gasteiger partial charge on any atom is -0.481 e. The van der Waals surface area contributed by atoms with E-state index in [2.05, 4.69) is 10.6 Å². The van der Waals surface area contributed by atoms with Crippen molar-refractivity contribution in [2.24, 2.45) is 0 Å². The Balaban J connectivity index is 1.66. The highest BCUT2D eigenvalue weighted by Crippen LogP contribution is 2.44. The lowest BCUT2D eigenvalue weighted by atomic mass is 9.98. The molecule has 2 aromatic rings. The summed E-state index contributed by atoms with van der Waals surface area (Å²) >= 11 is 0. The fourth-order valence-electron chi connectivity index (χ4n) is 4.08. The van der Waals surface area contributed by atoms with Crippen molar-refractivity contribution in [2.45, 2.75) is 37.8 Å². The van der Waals surface area contributed by atoms with Crippen LogP contribution in [0.3, 0.4) is 0 Å². The van der Waals surface area contributed by atoms with Gasteiger partial charge in [-0.15, -0.1) is 0 Å². The Labute approximate surface area is 198 Å². The van der Waals surface area contributed by atoms with E-state index >= 15 is 0 Å². The maximum Gasteiger partial charge on any atom is 0.407 e. The summed E-state index contributed by atoms with van der Waals surface area (Å²) < 4.78 is 5.47. The number of rotatable bonds is 9. The fourth-order valence-corrected chi connectivity index (χ4v) is 4.08. The maximum atomic E-state index is 12.7. The molecule has 9 nitrogen and oxygen atoms in total. The predicted molar refractivity (Wildman–Crippen MR) is 125 cm³/mol. The Hall–Kier alpha value is -3.88. The number of carboxylic acid groups (broad SMARTS) is 1. The van der Waals surface area contributed by atoms with E-state index in [0.29, 0.717) is 0 Å². The normalized spacial score (nSPS) is 13.7. The number of alkyl carbamates (subject to hydrolysis) is 1. The SMILES string of the molecule is C[C@@H](NC(=O)C(CCC(=O)O)NC(=O)OCC1c2ccccc2-c2ccccc21)C(=O)N(C)C. The average molecular weight is 468 g/mol. The number of hydrogen-bond acceptors (Lipinski definition) is 5. The molecule has 0 bridgehead atoms. The molecule has 0 radical (unpaired) electrons. The van der Waals surface area contributed by atoms with E-state index in [1.54, 1.807) is 14.1 Å². The monoisotopic (exact) mass is 467 g/mol. The van der Waals surface area contributed by atoms with Crippen LogP contribution in [0, 0.1) is 0 Å². The van der Waals surface area contributed by atoms with Gasteiger partial charge in [0.05, 0.1) is 0 Å². The highest BCUT2D eigenvalue weighted by Gasteiger charge is 2.30. The Morgan fingerprint density at radius 2 is 1.53 bits per heavy atom. The molecule has 2 atom stereocenters. The predicted octanol–water partition coefficient (Wildman–Crippen LogP) is 2.35. The number of carbonyl (C=O) groups is 4. The number of nitrogens with zero attached hydrogens (tertiary/aromatic N) is 1. The van der Waals surface area contributed by atoms with Crippen molar-refractivity contribution in [3.05, 3.63) is 59.7 Å². The molecule has 0 aliphatic heterocycles. The molecule has 3 N–H and O–H groups in total. The number of nitrogens with one attached hydrogen (secondary N) is 2. The third-order valence-corrected chi connectivity index (χ3v) is 5.77. The molecule has 1 aliphatic rings. The quantitative estimate of drug-likeness (QED) is 0.520. The van der Waals surface area contributed by atoms with Crippen LogP contribution in [0.2, 0.25) is 0 Å². The molecule has 0 spiro atoms. The van der Waals surface area contributed by atoms with Crippen molar-refractivity contribution >= 4 is 23.9 Å². The summed E-state index contributed by atoms with van der Waals surface area (Å²) in [6.45, 7) is 1.57. The molecule has 0 saturated heterocycles. The van der Waals surface area contributed by atoms with Gasteiger partial charge in [0.15, 0.2) is 0 Å². The number of likely N-dealkylation sites (N-methyl/N-ethyl adjacent to an activating group) is 1. The van der Waals surface area contributed by atoms with Crippen LogP contribution in [-0.4, -0.2) is 66.7 Å². The first-order chi connectivity index (χ1) is 16.2. The van der Waals surface area contributed by atoms with Gasteiger partial charge in [-0.05, 0) is 35.6 Å². The molecule has 3 rings (SSSR count). The lowest BCUT2D eigenvalue weighted by Gasteiger charge is -2.22. The van der Waals surface area contributed by atoms with Gasteiger partial charge in [0.1, 0.15) is 18.7 Å². The Morgan fingerprint density at radius 3 is 2.06 bits per heavy atom. The number of amides is 3. The van der Waals surface area contributed by atoms with Gasteiger partial charge in [-0.3, -0.25) is 14.4 Å². The fraction of sp³-hybridized carbons (Fsp3) is 0.360. The van der Waals surface area contributed by atoms with Gasteiger partial charge in [-0.1, -0.05) is 48.5 Å². The van der Waals surface area contributed by atoms with E-state index in [-0.39, 0.29) is 31.3 Å². The molecule has 0 fully saturated rings. The van der Waals surface area contributed by atoms with Crippen LogP contribution in [0.5, 0.6) is 0 Å². The van der Waals surface area contributed by atoms with Gasteiger partial charge >= 0.3 is 12.1 Å². The van der Waals surface area contributed by atoms with Gasteiger partial charge < -0.3 is 25.4 Å². The highest BCUT2D eigenvalue weighted by atomic mass is 16.5. The summed E-state index contributed by atoms with van der Waals surface area (Å²) in [6, 6.07) is 13.8. The van der Waals surface area contributed by atoms with Crippen molar-refractivity contribution < 1.29 is 29.0 Å². The molecule has 1 unspecified atom stereocenters. The van der Waals surface area contributed by atoms with Crippen LogP contribution in [0.25, 0.3) is 11.1 Å². The van der Waals surface area contributed by atoms with Crippen molar-refractivity contribution in [2.75, 3.05) is 20.7 Å². The van der Waals surface area contributed by atoms with Crippen LogP contribution in [0.4, 0.5) is 4.79 Å². The largest absolute Gasteiger partial charge is 0.481 e.